The predicted molar refractivity (Wildman–Crippen MR) is 71.6 cm³/mol. The van der Waals surface area contributed by atoms with E-state index in [-0.39, 0.29) is 5.02 Å². The molecule has 2 rings (SSSR count). The molecular formula is C13H13ClN2O3. The Hall–Kier alpha value is -1.77. The van der Waals surface area contributed by atoms with E-state index in [1.54, 1.807) is 26.0 Å². The van der Waals surface area contributed by atoms with Crippen LogP contribution in [0, 0.1) is 6.57 Å². The highest BCUT2D eigenvalue weighted by molar-refractivity contribution is 6.33. The fourth-order valence-electron chi connectivity index (χ4n) is 2.24. The largest absolute Gasteiger partial charge is 0.444 e. The second kappa shape index (κ2) is 5.08. The summed E-state index contributed by atoms with van der Waals surface area (Å²) >= 11 is 5.96. The van der Waals surface area contributed by atoms with Gasteiger partial charge in [-0.05, 0) is 26.0 Å². The quantitative estimate of drug-likeness (QED) is 0.847. The van der Waals surface area contributed by atoms with Crippen molar-refractivity contribution >= 4 is 29.1 Å². The van der Waals surface area contributed by atoms with Gasteiger partial charge in [0.2, 0.25) is 5.69 Å². The number of benzene rings is 1. The van der Waals surface area contributed by atoms with Gasteiger partial charge < -0.3 is 9.84 Å². The van der Waals surface area contributed by atoms with Gasteiger partial charge in [0.25, 0.3) is 0 Å². The van der Waals surface area contributed by atoms with Crippen LogP contribution in [0.2, 0.25) is 5.02 Å². The number of hydrogen-bond donors (Lipinski definition) is 1. The molecule has 1 aromatic rings. The van der Waals surface area contributed by atoms with Gasteiger partial charge in [0.05, 0.1) is 12.7 Å². The van der Waals surface area contributed by atoms with Gasteiger partial charge in [0.1, 0.15) is 12.1 Å². The van der Waals surface area contributed by atoms with Crippen LogP contribution < -0.4 is 4.90 Å². The average molecular weight is 281 g/mol. The summed E-state index contributed by atoms with van der Waals surface area (Å²) in [5, 5.41) is 10.1. The fourth-order valence-corrected chi connectivity index (χ4v) is 2.46. The number of ether oxygens (including phenoxy) is 1. The predicted octanol–water partition coefficient (Wildman–Crippen LogP) is 2.99. The highest BCUT2D eigenvalue weighted by Crippen LogP contribution is 2.34. The number of amides is 1. The van der Waals surface area contributed by atoms with Gasteiger partial charge in [-0.3, -0.25) is 4.90 Å². The maximum atomic E-state index is 11.9. The van der Waals surface area contributed by atoms with Crippen molar-refractivity contribution in [3.05, 3.63) is 34.6 Å². The van der Waals surface area contributed by atoms with Crippen LogP contribution in [0.15, 0.2) is 18.2 Å². The van der Waals surface area contributed by atoms with Crippen molar-refractivity contribution in [3.8, 4) is 0 Å². The summed E-state index contributed by atoms with van der Waals surface area (Å²) in [6.45, 7) is 10.3. The smallest absolute Gasteiger partial charge is 0.415 e. The van der Waals surface area contributed by atoms with Gasteiger partial charge in [0.15, 0.2) is 0 Å². The number of anilines is 1. The van der Waals surface area contributed by atoms with Crippen LogP contribution in [0.25, 0.3) is 4.85 Å². The molecule has 1 amide bonds. The Morgan fingerprint density at radius 3 is 2.79 bits per heavy atom. The molecule has 0 spiro atoms. The molecule has 6 heteroatoms. The Kier molecular flexibility index (Phi) is 3.65. The van der Waals surface area contributed by atoms with Crippen LogP contribution in [-0.4, -0.2) is 29.4 Å². The Morgan fingerprint density at radius 1 is 1.58 bits per heavy atom. The monoisotopic (exact) mass is 280 g/mol. The second-order valence-corrected chi connectivity index (χ2v) is 4.84. The number of halogens is 1. The van der Waals surface area contributed by atoms with E-state index in [2.05, 4.69) is 4.85 Å². The number of carbonyl (C=O) groups is 1. The number of aliphatic hydroxyl groups excluding tert-OH is 1. The molecule has 19 heavy (non-hydrogen) atoms. The van der Waals surface area contributed by atoms with Crippen LogP contribution in [-0.2, 0) is 4.74 Å². The molecule has 1 saturated heterocycles. The van der Waals surface area contributed by atoms with Crippen LogP contribution in [0.4, 0.5) is 16.2 Å². The molecule has 1 heterocycles. The first-order valence-corrected chi connectivity index (χ1v) is 6.18. The molecule has 0 radical (unpaired) electrons. The van der Waals surface area contributed by atoms with Crippen molar-refractivity contribution in [2.24, 2.45) is 0 Å². The lowest BCUT2D eigenvalue weighted by molar-refractivity contribution is 0.0994. The average Bonchev–Trinajstić information content (AvgIpc) is 2.64. The van der Waals surface area contributed by atoms with Crippen molar-refractivity contribution in [2.45, 2.75) is 32.1 Å². The first-order valence-electron chi connectivity index (χ1n) is 5.80. The van der Waals surface area contributed by atoms with Crippen molar-refractivity contribution < 1.29 is 14.6 Å². The summed E-state index contributed by atoms with van der Waals surface area (Å²) in [6.07, 6.45) is -1.67. The number of carbonyl (C=O) groups excluding carboxylic acids is 1. The topological polar surface area (TPSA) is 54.1 Å². The van der Waals surface area contributed by atoms with Crippen LogP contribution in [0.3, 0.4) is 0 Å². The van der Waals surface area contributed by atoms with E-state index >= 15 is 0 Å². The fraction of sp³-hybridized carbons (Fsp3) is 0.385. The Labute approximate surface area is 116 Å². The SMILES string of the molecule is [C-]#[N+]c1ccc(N2C(=O)O[C@@H](C)[C@@H]2[C@@H](C)O)cc1Cl. The van der Waals surface area contributed by atoms with Crippen LogP contribution in [0.1, 0.15) is 13.8 Å². The number of cyclic esters (lactones) is 1. The Morgan fingerprint density at radius 2 is 2.26 bits per heavy atom. The molecule has 1 aromatic carbocycles. The van der Waals surface area contributed by atoms with E-state index < -0.39 is 24.3 Å². The molecule has 1 aliphatic rings. The standard InChI is InChI=1S/C13H13ClN2O3/c1-7(17)12-8(2)19-13(18)16(12)9-4-5-11(15-3)10(14)6-9/h4-8,12,17H,1-2H3/t7-,8+,12+/m1/s1. The normalized spacial score (nSPS) is 23.9. The summed E-state index contributed by atoms with van der Waals surface area (Å²) in [5.41, 5.74) is 0.831. The zero-order valence-corrected chi connectivity index (χ0v) is 11.3. The van der Waals surface area contributed by atoms with Crippen molar-refractivity contribution in [3.63, 3.8) is 0 Å². The third-order valence-electron chi connectivity index (χ3n) is 3.09. The molecule has 1 fully saturated rings. The summed E-state index contributed by atoms with van der Waals surface area (Å²) in [5.74, 6) is 0. The maximum Gasteiger partial charge on any atom is 0.415 e. The minimum atomic E-state index is -0.735. The maximum absolute atomic E-state index is 11.9. The minimum Gasteiger partial charge on any atom is -0.444 e. The van der Waals surface area contributed by atoms with Crippen molar-refractivity contribution in [1.29, 1.82) is 0 Å². The zero-order valence-electron chi connectivity index (χ0n) is 10.5. The van der Waals surface area contributed by atoms with E-state index in [1.165, 1.54) is 11.0 Å². The van der Waals surface area contributed by atoms with Crippen LogP contribution in [0.5, 0.6) is 0 Å². The molecule has 0 bridgehead atoms. The molecule has 0 saturated carbocycles. The van der Waals surface area contributed by atoms with Gasteiger partial charge >= 0.3 is 6.09 Å². The summed E-state index contributed by atoms with van der Waals surface area (Å²) < 4.78 is 5.12. The lowest BCUT2D eigenvalue weighted by Gasteiger charge is -2.25. The van der Waals surface area contributed by atoms with E-state index in [0.717, 1.165) is 0 Å². The first-order chi connectivity index (χ1) is 8.95. The second-order valence-electron chi connectivity index (χ2n) is 4.44. The lowest BCUT2D eigenvalue weighted by atomic mass is 10.1. The van der Waals surface area contributed by atoms with Gasteiger partial charge in [0, 0.05) is 10.7 Å². The molecule has 5 nitrogen and oxygen atoms in total. The van der Waals surface area contributed by atoms with E-state index in [4.69, 9.17) is 22.9 Å². The first kappa shape index (κ1) is 13.7. The molecule has 1 aliphatic heterocycles. The Balaban J connectivity index is 2.42. The van der Waals surface area contributed by atoms with E-state index in [1.807, 2.05) is 0 Å². The Bertz CT molecular complexity index is 553. The van der Waals surface area contributed by atoms with Crippen LogP contribution >= 0.6 is 11.6 Å². The number of rotatable bonds is 2. The van der Waals surface area contributed by atoms with E-state index in [0.29, 0.717) is 11.4 Å². The van der Waals surface area contributed by atoms with Gasteiger partial charge in [-0.15, -0.1) is 0 Å². The molecular weight excluding hydrogens is 268 g/mol. The number of hydrogen-bond acceptors (Lipinski definition) is 3. The van der Waals surface area contributed by atoms with E-state index in [9.17, 15) is 9.90 Å². The van der Waals surface area contributed by atoms with Crippen molar-refractivity contribution in [2.75, 3.05) is 4.90 Å². The molecule has 0 aromatic heterocycles. The molecule has 3 atom stereocenters. The minimum absolute atomic E-state index is 0.268. The third-order valence-corrected chi connectivity index (χ3v) is 3.39. The van der Waals surface area contributed by atoms with Gasteiger partial charge in [-0.2, -0.15) is 0 Å². The molecule has 0 unspecified atom stereocenters. The molecule has 100 valence electrons. The zero-order chi connectivity index (χ0) is 14.2. The van der Waals surface area contributed by atoms with Gasteiger partial charge in [-0.25, -0.2) is 9.64 Å². The molecule has 1 N–H and O–H groups in total. The highest BCUT2D eigenvalue weighted by Gasteiger charge is 2.42. The summed E-state index contributed by atoms with van der Waals surface area (Å²) in [7, 11) is 0. The number of aliphatic hydroxyl groups is 1. The summed E-state index contributed by atoms with van der Waals surface area (Å²) in [6, 6.07) is 4.22. The summed E-state index contributed by atoms with van der Waals surface area (Å²) in [4.78, 5) is 16.5. The van der Waals surface area contributed by atoms with Gasteiger partial charge in [-0.1, -0.05) is 17.7 Å². The highest BCUT2D eigenvalue weighted by atomic mass is 35.5. The third kappa shape index (κ3) is 2.37. The van der Waals surface area contributed by atoms with Crippen molar-refractivity contribution in [1.82, 2.24) is 0 Å². The lowest BCUT2D eigenvalue weighted by Crippen LogP contribution is -2.43. The molecule has 0 aliphatic carbocycles. The number of nitrogens with zero attached hydrogens (tertiary/aromatic N) is 2.